The summed E-state index contributed by atoms with van der Waals surface area (Å²) in [5.74, 6) is -0.529. The van der Waals surface area contributed by atoms with Crippen LogP contribution in [0.1, 0.15) is 48.6 Å². The fourth-order valence-corrected chi connectivity index (χ4v) is 4.71. The molecule has 14 heteroatoms. The molecule has 39 heavy (non-hydrogen) atoms. The molecule has 0 radical (unpaired) electrons. The maximum Gasteiger partial charge on any atom is 0.522 e. The number of nitrogens with two attached hydrogens (primary N) is 1. The van der Waals surface area contributed by atoms with Gasteiger partial charge in [0, 0.05) is 29.3 Å². The Morgan fingerprint density at radius 2 is 1.92 bits per heavy atom. The van der Waals surface area contributed by atoms with Crippen molar-refractivity contribution in [3.8, 4) is 16.9 Å². The fraction of sp³-hybridized carbons (Fsp3) is 0.400. The Bertz CT molecular complexity index is 1390. The highest BCUT2D eigenvalue weighted by molar-refractivity contribution is 5.99. The topological polar surface area (TPSA) is 146 Å². The van der Waals surface area contributed by atoms with E-state index in [9.17, 15) is 22.8 Å². The van der Waals surface area contributed by atoms with Gasteiger partial charge in [0.15, 0.2) is 11.5 Å². The molecule has 2 aliphatic rings. The number of hydrogen-bond donors (Lipinski definition) is 3. The van der Waals surface area contributed by atoms with E-state index in [1.807, 2.05) is 0 Å². The van der Waals surface area contributed by atoms with Gasteiger partial charge in [-0.3, -0.25) is 19.0 Å². The van der Waals surface area contributed by atoms with Crippen LogP contribution < -0.4 is 21.1 Å². The van der Waals surface area contributed by atoms with Crippen molar-refractivity contribution in [1.82, 2.24) is 20.0 Å². The molecule has 0 spiro atoms. The van der Waals surface area contributed by atoms with E-state index >= 15 is 0 Å². The van der Waals surface area contributed by atoms with Crippen molar-refractivity contribution in [3.05, 3.63) is 42.4 Å². The third kappa shape index (κ3) is 5.95. The third-order valence-corrected chi connectivity index (χ3v) is 6.67. The molecule has 0 aliphatic heterocycles. The van der Waals surface area contributed by atoms with Crippen molar-refractivity contribution in [1.29, 1.82) is 0 Å². The number of amides is 2. The zero-order valence-electron chi connectivity index (χ0n) is 20.9. The molecule has 0 unspecified atom stereocenters. The van der Waals surface area contributed by atoms with E-state index in [2.05, 4.69) is 30.7 Å². The lowest BCUT2D eigenvalue weighted by Crippen LogP contribution is -2.28. The molecule has 1 aromatic carbocycles. The minimum absolute atomic E-state index is 0.0590. The molecule has 11 nitrogen and oxygen atoms in total. The lowest BCUT2D eigenvalue weighted by atomic mass is 10.1. The number of carbonyl (C=O) groups excluding carboxylic acids is 2. The molecule has 3 aromatic rings. The highest BCUT2D eigenvalue weighted by Gasteiger charge is 2.40. The Morgan fingerprint density at radius 3 is 2.62 bits per heavy atom. The lowest BCUT2D eigenvalue weighted by molar-refractivity contribution is -0.345. The van der Waals surface area contributed by atoms with Gasteiger partial charge in [0.25, 0.3) is 5.91 Å². The van der Waals surface area contributed by atoms with Crippen molar-refractivity contribution in [2.24, 2.45) is 11.7 Å². The lowest BCUT2D eigenvalue weighted by Gasteiger charge is -2.21. The average Bonchev–Trinajstić information content (AvgIpc) is 3.46. The van der Waals surface area contributed by atoms with Crippen molar-refractivity contribution in [3.63, 3.8) is 0 Å². The van der Waals surface area contributed by atoms with Crippen LogP contribution in [0.25, 0.3) is 11.1 Å². The van der Waals surface area contributed by atoms with E-state index in [-0.39, 0.29) is 35.4 Å². The van der Waals surface area contributed by atoms with Gasteiger partial charge in [0.2, 0.25) is 5.91 Å². The van der Waals surface area contributed by atoms with Gasteiger partial charge in [-0.05, 0) is 38.2 Å². The molecular weight excluding hydrogens is 519 g/mol. The number of methoxy groups -OCH3 is 1. The van der Waals surface area contributed by atoms with Crippen LogP contribution in [0.2, 0.25) is 0 Å². The van der Waals surface area contributed by atoms with E-state index in [0.717, 1.165) is 12.8 Å². The van der Waals surface area contributed by atoms with Crippen molar-refractivity contribution in [2.45, 2.75) is 50.6 Å². The fourth-order valence-electron chi connectivity index (χ4n) is 4.71. The minimum atomic E-state index is -4.72. The molecule has 0 bridgehead atoms. The van der Waals surface area contributed by atoms with Crippen LogP contribution in [0.3, 0.4) is 0 Å². The van der Waals surface area contributed by atoms with Crippen molar-refractivity contribution in [2.75, 3.05) is 17.7 Å². The largest absolute Gasteiger partial charge is 0.522 e. The van der Waals surface area contributed by atoms with E-state index in [1.54, 1.807) is 30.6 Å². The van der Waals surface area contributed by atoms with E-state index < -0.39 is 24.4 Å². The molecule has 0 saturated heterocycles. The Hall–Kier alpha value is -4.20. The Balaban J connectivity index is 1.43. The monoisotopic (exact) mass is 545 g/mol. The second-order valence-corrected chi connectivity index (χ2v) is 9.44. The number of benzene rings is 1. The number of nitrogens with one attached hydrogen (secondary N) is 2. The third-order valence-electron chi connectivity index (χ3n) is 6.67. The number of primary amides is 1. The standard InChI is InChI=1S/C25H26F3N7O4/c1-38-22-15(14-11-30-35(12-14)18-6-3-7-19(18)39-25(26,27)28)4-2-5-16(22)31-17-10-20(32-24(37)13-8-9-13)33-34-21(17)23(29)36/h2,4-5,10-13,18-19H,3,6-9H2,1H3,(H2,29,36)(H2,31,32,33,37)/t18-,19+/m0/s1. The number of anilines is 3. The van der Waals surface area contributed by atoms with Crippen LogP contribution >= 0.6 is 0 Å². The van der Waals surface area contributed by atoms with E-state index in [1.165, 1.54) is 17.9 Å². The molecule has 2 saturated carbocycles. The van der Waals surface area contributed by atoms with Crippen LogP contribution in [0.5, 0.6) is 5.75 Å². The molecule has 2 heterocycles. The highest BCUT2D eigenvalue weighted by atomic mass is 19.4. The molecule has 2 amide bonds. The van der Waals surface area contributed by atoms with Crippen LogP contribution in [0, 0.1) is 5.92 Å². The number of nitrogens with zero attached hydrogens (tertiary/aromatic N) is 4. The summed E-state index contributed by atoms with van der Waals surface area (Å²) in [6.07, 6.45) is 0.444. The summed E-state index contributed by atoms with van der Waals surface area (Å²) < 4.78 is 50.1. The number of hydrogen-bond acceptors (Lipinski definition) is 8. The number of rotatable bonds is 9. The number of carbonyl (C=O) groups is 2. The first-order chi connectivity index (χ1) is 18.6. The van der Waals surface area contributed by atoms with Crippen LogP contribution in [-0.4, -0.2) is 51.4 Å². The highest BCUT2D eigenvalue weighted by Crippen LogP contribution is 2.41. The molecule has 2 aromatic heterocycles. The number of para-hydroxylation sites is 1. The second-order valence-electron chi connectivity index (χ2n) is 9.44. The van der Waals surface area contributed by atoms with Crippen LogP contribution in [-0.2, 0) is 9.53 Å². The van der Waals surface area contributed by atoms with Gasteiger partial charge in [0.1, 0.15) is 5.75 Å². The van der Waals surface area contributed by atoms with Gasteiger partial charge in [0.05, 0.1) is 36.8 Å². The summed E-state index contributed by atoms with van der Waals surface area (Å²) in [6, 6.07) is 6.10. The summed E-state index contributed by atoms with van der Waals surface area (Å²) in [7, 11) is 1.46. The number of ether oxygens (including phenoxy) is 2. The Kier molecular flexibility index (Phi) is 7.12. The molecule has 2 fully saturated rings. The summed E-state index contributed by atoms with van der Waals surface area (Å²) >= 11 is 0. The SMILES string of the molecule is COc1c(Nc2cc(NC(=O)C3CC3)nnc2C(N)=O)cccc1-c1cnn([C@H]2CCC[C@H]2OC(F)(F)F)c1. The van der Waals surface area contributed by atoms with Gasteiger partial charge in [-0.15, -0.1) is 23.4 Å². The maximum absolute atomic E-state index is 12.9. The molecule has 4 N–H and O–H groups in total. The molecule has 2 aliphatic carbocycles. The van der Waals surface area contributed by atoms with Crippen molar-refractivity contribution < 1.29 is 32.2 Å². The first kappa shape index (κ1) is 26.4. The summed E-state index contributed by atoms with van der Waals surface area (Å²) in [5.41, 5.74) is 7.20. The predicted octanol–water partition coefficient (Wildman–Crippen LogP) is 4.17. The van der Waals surface area contributed by atoms with Crippen LogP contribution in [0.4, 0.5) is 30.4 Å². The van der Waals surface area contributed by atoms with Gasteiger partial charge < -0.3 is 21.1 Å². The van der Waals surface area contributed by atoms with Gasteiger partial charge in [-0.2, -0.15) is 5.10 Å². The van der Waals surface area contributed by atoms with Crippen molar-refractivity contribution >= 4 is 29.0 Å². The first-order valence-electron chi connectivity index (χ1n) is 12.3. The predicted molar refractivity (Wildman–Crippen MR) is 133 cm³/mol. The quantitative estimate of drug-likeness (QED) is 0.363. The van der Waals surface area contributed by atoms with Gasteiger partial charge >= 0.3 is 6.36 Å². The van der Waals surface area contributed by atoms with Gasteiger partial charge in [-0.1, -0.05) is 12.1 Å². The van der Waals surface area contributed by atoms with Crippen LogP contribution in [0.15, 0.2) is 36.7 Å². The number of halogens is 3. The maximum atomic E-state index is 12.9. The first-order valence-corrected chi connectivity index (χ1v) is 12.3. The normalized spacial score (nSPS) is 19.1. The zero-order valence-corrected chi connectivity index (χ0v) is 20.9. The Labute approximate surface area is 220 Å². The van der Waals surface area contributed by atoms with E-state index in [0.29, 0.717) is 35.4 Å². The summed E-state index contributed by atoms with van der Waals surface area (Å²) in [5, 5.41) is 17.8. The average molecular weight is 546 g/mol. The smallest absolute Gasteiger partial charge is 0.494 e. The molecule has 5 rings (SSSR count). The number of aromatic nitrogens is 4. The molecule has 206 valence electrons. The molecular formula is C25H26F3N7O4. The number of alkyl halides is 3. The second kappa shape index (κ2) is 10.5. The van der Waals surface area contributed by atoms with Gasteiger partial charge in [-0.25, -0.2) is 0 Å². The summed E-state index contributed by atoms with van der Waals surface area (Å²) in [4.78, 5) is 24.2. The zero-order chi connectivity index (χ0) is 27.7. The molecule has 2 atom stereocenters. The summed E-state index contributed by atoms with van der Waals surface area (Å²) in [6.45, 7) is 0. The van der Waals surface area contributed by atoms with E-state index in [4.69, 9.17) is 10.5 Å². The Morgan fingerprint density at radius 1 is 1.13 bits per heavy atom. The minimum Gasteiger partial charge on any atom is -0.494 e.